The molecule has 0 aliphatic carbocycles. The summed E-state index contributed by atoms with van der Waals surface area (Å²) < 4.78 is 22.1. The van der Waals surface area contributed by atoms with Crippen LogP contribution >= 0.6 is 0 Å². The average molecular weight is 291 g/mol. The number of rotatable bonds is 6. The van der Waals surface area contributed by atoms with Crippen molar-refractivity contribution >= 4 is 15.7 Å². The first-order chi connectivity index (χ1) is 8.83. The smallest absolute Gasteiger partial charge is 0.239 e. The van der Waals surface area contributed by atoms with E-state index in [2.05, 4.69) is 11.8 Å². The van der Waals surface area contributed by atoms with Gasteiger partial charge in [-0.1, -0.05) is 6.92 Å². The van der Waals surface area contributed by atoms with Gasteiger partial charge in [0, 0.05) is 32.4 Å². The van der Waals surface area contributed by atoms with Gasteiger partial charge < -0.3 is 10.6 Å². The summed E-state index contributed by atoms with van der Waals surface area (Å²) in [4.78, 5) is 16.1. The van der Waals surface area contributed by atoms with Crippen LogP contribution in [0, 0.1) is 0 Å². The molecular weight excluding hydrogens is 266 g/mol. The van der Waals surface area contributed by atoms with Gasteiger partial charge in [-0.3, -0.25) is 9.69 Å². The Morgan fingerprint density at radius 3 is 2.32 bits per heavy atom. The molecule has 1 unspecified atom stereocenters. The number of piperazine rings is 1. The van der Waals surface area contributed by atoms with Crippen molar-refractivity contribution in [2.45, 2.75) is 25.8 Å². The maximum absolute atomic E-state index is 12.1. The maximum Gasteiger partial charge on any atom is 0.239 e. The third-order valence-electron chi connectivity index (χ3n) is 3.34. The van der Waals surface area contributed by atoms with Gasteiger partial charge in [-0.25, -0.2) is 8.42 Å². The summed E-state index contributed by atoms with van der Waals surface area (Å²) in [5.41, 5.74) is 5.78. The van der Waals surface area contributed by atoms with Crippen LogP contribution in [0.15, 0.2) is 0 Å². The Balaban J connectivity index is 2.38. The fourth-order valence-electron chi connectivity index (χ4n) is 2.21. The topological polar surface area (TPSA) is 83.7 Å². The fraction of sp³-hybridized carbons (Fsp3) is 0.917. The lowest BCUT2D eigenvalue weighted by atomic mass is 10.2. The summed E-state index contributed by atoms with van der Waals surface area (Å²) in [5.74, 6) is -0.157. The minimum absolute atomic E-state index is 0.0320. The highest BCUT2D eigenvalue weighted by Gasteiger charge is 2.25. The molecule has 0 spiro atoms. The van der Waals surface area contributed by atoms with Gasteiger partial charge in [0.05, 0.1) is 11.8 Å². The van der Waals surface area contributed by atoms with Gasteiger partial charge in [-0.05, 0) is 19.4 Å². The summed E-state index contributed by atoms with van der Waals surface area (Å²) in [6.07, 6.45) is 2.47. The number of nitrogens with two attached hydrogens (primary N) is 1. The number of hydrogen-bond donors (Lipinski definition) is 1. The van der Waals surface area contributed by atoms with Crippen LogP contribution in [-0.2, 0) is 14.6 Å². The van der Waals surface area contributed by atoms with Crippen LogP contribution in [0.4, 0.5) is 0 Å². The van der Waals surface area contributed by atoms with Crippen LogP contribution in [0.5, 0.6) is 0 Å². The van der Waals surface area contributed by atoms with E-state index in [1.54, 1.807) is 4.90 Å². The zero-order valence-electron chi connectivity index (χ0n) is 11.8. The molecule has 0 aromatic heterocycles. The highest BCUT2D eigenvalue weighted by Crippen LogP contribution is 2.06. The third-order valence-corrected chi connectivity index (χ3v) is 4.32. The maximum atomic E-state index is 12.1. The lowest BCUT2D eigenvalue weighted by Gasteiger charge is -2.35. The molecule has 19 heavy (non-hydrogen) atoms. The zero-order valence-corrected chi connectivity index (χ0v) is 12.7. The van der Waals surface area contributed by atoms with Crippen molar-refractivity contribution in [1.29, 1.82) is 0 Å². The molecule has 7 heteroatoms. The number of carbonyl (C=O) groups is 1. The largest absolute Gasteiger partial charge is 0.339 e. The second kappa shape index (κ2) is 7.21. The molecule has 1 atom stereocenters. The Labute approximate surface area is 115 Å². The van der Waals surface area contributed by atoms with Crippen molar-refractivity contribution in [2.24, 2.45) is 5.73 Å². The molecule has 1 amide bonds. The molecule has 0 bridgehead atoms. The van der Waals surface area contributed by atoms with Gasteiger partial charge in [0.2, 0.25) is 5.91 Å². The van der Waals surface area contributed by atoms with Gasteiger partial charge in [0.1, 0.15) is 9.84 Å². The van der Waals surface area contributed by atoms with Crippen LogP contribution in [0.25, 0.3) is 0 Å². The zero-order chi connectivity index (χ0) is 14.5. The molecule has 0 aromatic rings. The van der Waals surface area contributed by atoms with Gasteiger partial charge in [0.25, 0.3) is 0 Å². The lowest BCUT2D eigenvalue weighted by Crippen LogP contribution is -2.53. The minimum atomic E-state index is -3.06. The van der Waals surface area contributed by atoms with Crippen molar-refractivity contribution in [1.82, 2.24) is 9.80 Å². The Hall–Kier alpha value is -0.660. The van der Waals surface area contributed by atoms with Gasteiger partial charge in [-0.15, -0.1) is 0 Å². The number of nitrogens with zero attached hydrogens (tertiary/aromatic N) is 2. The molecule has 6 nitrogen and oxygen atoms in total. The van der Waals surface area contributed by atoms with E-state index >= 15 is 0 Å². The molecule has 0 aromatic carbocycles. The van der Waals surface area contributed by atoms with Gasteiger partial charge in [0.15, 0.2) is 0 Å². The molecule has 1 aliphatic heterocycles. The molecule has 112 valence electrons. The highest BCUT2D eigenvalue weighted by molar-refractivity contribution is 7.90. The van der Waals surface area contributed by atoms with Crippen molar-refractivity contribution < 1.29 is 13.2 Å². The van der Waals surface area contributed by atoms with E-state index in [4.69, 9.17) is 5.73 Å². The van der Waals surface area contributed by atoms with Crippen LogP contribution in [0.3, 0.4) is 0 Å². The monoisotopic (exact) mass is 291 g/mol. The molecular formula is C12H25N3O3S. The molecule has 1 fully saturated rings. The van der Waals surface area contributed by atoms with E-state index < -0.39 is 15.9 Å². The molecule has 0 saturated carbocycles. The normalized spacial score (nSPS) is 19.4. The number of sulfone groups is 1. The van der Waals surface area contributed by atoms with Crippen molar-refractivity contribution in [3.05, 3.63) is 0 Å². The number of amides is 1. The molecule has 1 saturated heterocycles. The summed E-state index contributed by atoms with van der Waals surface area (Å²) >= 11 is 0. The first-order valence-corrected chi connectivity index (χ1v) is 8.84. The van der Waals surface area contributed by atoms with E-state index in [0.717, 1.165) is 32.3 Å². The quantitative estimate of drug-likeness (QED) is 0.700. The van der Waals surface area contributed by atoms with Crippen molar-refractivity contribution in [2.75, 3.05) is 44.7 Å². The predicted octanol–water partition coefficient (Wildman–Crippen LogP) is -0.697. The summed E-state index contributed by atoms with van der Waals surface area (Å²) in [6, 6.07) is -0.701. The molecule has 1 heterocycles. The first kappa shape index (κ1) is 16.4. The Morgan fingerprint density at radius 2 is 1.84 bits per heavy atom. The van der Waals surface area contributed by atoms with Crippen LogP contribution in [0.2, 0.25) is 0 Å². The molecule has 1 aliphatic rings. The first-order valence-electron chi connectivity index (χ1n) is 6.78. The molecule has 2 N–H and O–H groups in total. The van der Waals surface area contributed by atoms with E-state index in [-0.39, 0.29) is 18.1 Å². The second-order valence-electron chi connectivity index (χ2n) is 5.19. The Kier molecular flexibility index (Phi) is 6.22. The van der Waals surface area contributed by atoms with Crippen molar-refractivity contribution in [3.63, 3.8) is 0 Å². The molecule has 1 rings (SSSR count). The van der Waals surface area contributed by atoms with E-state index in [9.17, 15) is 13.2 Å². The van der Waals surface area contributed by atoms with Crippen LogP contribution < -0.4 is 5.73 Å². The van der Waals surface area contributed by atoms with Crippen LogP contribution in [0.1, 0.15) is 19.8 Å². The average Bonchev–Trinajstić information content (AvgIpc) is 2.35. The standard InChI is InChI=1S/C12H25N3O3S/c1-3-5-14-6-8-15(9-7-14)12(16)11(13)4-10-19(2,17)18/h11H,3-10,13H2,1-2H3. The number of hydrogen-bond acceptors (Lipinski definition) is 5. The lowest BCUT2D eigenvalue weighted by molar-refractivity contribution is -0.134. The van der Waals surface area contributed by atoms with Gasteiger partial charge in [-0.2, -0.15) is 0 Å². The predicted molar refractivity (Wildman–Crippen MR) is 75.6 cm³/mol. The van der Waals surface area contributed by atoms with E-state index in [1.165, 1.54) is 0 Å². The third kappa shape index (κ3) is 5.88. The number of carbonyl (C=O) groups excluding carboxylic acids is 1. The summed E-state index contributed by atoms with van der Waals surface area (Å²) in [5, 5.41) is 0. The molecule has 0 radical (unpaired) electrons. The minimum Gasteiger partial charge on any atom is -0.339 e. The van der Waals surface area contributed by atoms with Gasteiger partial charge >= 0.3 is 0 Å². The van der Waals surface area contributed by atoms with E-state index in [0.29, 0.717) is 13.1 Å². The SMILES string of the molecule is CCCN1CCN(C(=O)C(N)CCS(C)(=O)=O)CC1. The Morgan fingerprint density at radius 1 is 1.26 bits per heavy atom. The van der Waals surface area contributed by atoms with Crippen molar-refractivity contribution in [3.8, 4) is 0 Å². The Bertz CT molecular complexity index is 389. The second-order valence-corrected chi connectivity index (χ2v) is 7.45. The summed E-state index contributed by atoms with van der Waals surface area (Å²) in [6.45, 7) is 6.31. The van der Waals surface area contributed by atoms with Crippen LogP contribution in [-0.4, -0.2) is 74.9 Å². The highest BCUT2D eigenvalue weighted by atomic mass is 32.2. The summed E-state index contributed by atoms with van der Waals surface area (Å²) in [7, 11) is -3.06. The fourth-order valence-corrected chi connectivity index (χ4v) is 2.89. The van der Waals surface area contributed by atoms with E-state index in [1.807, 2.05) is 0 Å².